The minimum absolute atomic E-state index is 0.792. The molecule has 0 fully saturated rings. The van der Waals surface area contributed by atoms with Gasteiger partial charge >= 0.3 is 0 Å². The van der Waals surface area contributed by atoms with Crippen LogP contribution in [0.25, 0.3) is 22.2 Å². The van der Waals surface area contributed by atoms with Crippen LogP contribution >= 0.6 is 0 Å². The second-order valence-electron chi connectivity index (χ2n) is 5.97. The fraction of sp³-hybridized carbons (Fsp3) is 0.286. The van der Waals surface area contributed by atoms with Crippen molar-refractivity contribution in [2.45, 2.75) is 33.1 Å². The number of hydrogen-bond acceptors (Lipinski definition) is 2. The number of benzene rings is 2. The first-order valence-electron chi connectivity index (χ1n) is 8.37. The molecule has 2 aromatic carbocycles. The highest BCUT2D eigenvalue weighted by molar-refractivity contribution is 5.82. The average Bonchev–Trinajstić information content (AvgIpc) is 2.59. The third-order valence-corrected chi connectivity index (χ3v) is 4.01. The van der Waals surface area contributed by atoms with Gasteiger partial charge in [-0.15, -0.1) is 0 Å². The van der Waals surface area contributed by atoms with Crippen LogP contribution in [0.15, 0.2) is 54.6 Å². The topological polar surface area (TPSA) is 22.1 Å². The molecule has 3 rings (SSSR count). The van der Waals surface area contributed by atoms with Gasteiger partial charge in [-0.3, -0.25) is 0 Å². The molecule has 0 saturated heterocycles. The number of fused-ring (bicyclic) bond motifs is 1. The molecule has 0 unspecified atom stereocenters. The Morgan fingerprint density at radius 3 is 2.52 bits per heavy atom. The number of aryl methyl sites for hydroxylation is 1. The highest BCUT2D eigenvalue weighted by Crippen LogP contribution is 2.24. The van der Waals surface area contributed by atoms with Gasteiger partial charge in [0.1, 0.15) is 5.75 Å². The molecule has 0 bridgehead atoms. The smallest absolute Gasteiger partial charge is 0.119 e. The van der Waals surface area contributed by atoms with Crippen LogP contribution in [0.3, 0.4) is 0 Å². The van der Waals surface area contributed by atoms with Crippen molar-refractivity contribution in [2.24, 2.45) is 0 Å². The second kappa shape index (κ2) is 7.28. The summed E-state index contributed by atoms with van der Waals surface area (Å²) in [6.07, 6.45) is 3.55. The lowest BCUT2D eigenvalue weighted by Crippen LogP contribution is -1.96. The molecule has 1 aromatic heterocycles. The minimum Gasteiger partial charge on any atom is -0.494 e. The maximum Gasteiger partial charge on any atom is 0.119 e. The van der Waals surface area contributed by atoms with Crippen LogP contribution in [0.4, 0.5) is 0 Å². The first-order chi connectivity index (χ1) is 11.3. The molecule has 2 heteroatoms. The Bertz CT molecular complexity index is 777. The van der Waals surface area contributed by atoms with Crippen LogP contribution in [0, 0.1) is 6.92 Å². The fourth-order valence-electron chi connectivity index (χ4n) is 2.67. The van der Waals surface area contributed by atoms with Crippen LogP contribution in [0.1, 0.15) is 31.7 Å². The number of aromatic nitrogens is 1. The Morgan fingerprint density at radius 2 is 1.74 bits per heavy atom. The molecule has 2 nitrogen and oxygen atoms in total. The predicted octanol–water partition coefficient (Wildman–Crippen LogP) is 5.78. The van der Waals surface area contributed by atoms with Gasteiger partial charge < -0.3 is 4.74 Å². The van der Waals surface area contributed by atoms with Gasteiger partial charge in [0, 0.05) is 10.9 Å². The maximum absolute atomic E-state index is 5.76. The van der Waals surface area contributed by atoms with Crippen molar-refractivity contribution < 1.29 is 4.74 Å². The van der Waals surface area contributed by atoms with Gasteiger partial charge in [0.15, 0.2) is 0 Å². The SMILES string of the molecule is CCCCCOc1ccc(-c2ccc3cc(C)ccc3n2)cc1. The van der Waals surface area contributed by atoms with Crippen molar-refractivity contribution in [3.8, 4) is 17.0 Å². The van der Waals surface area contributed by atoms with Gasteiger partial charge in [-0.2, -0.15) is 0 Å². The highest BCUT2D eigenvalue weighted by Gasteiger charge is 2.03. The van der Waals surface area contributed by atoms with Crippen LogP contribution < -0.4 is 4.74 Å². The van der Waals surface area contributed by atoms with Crippen molar-refractivity contribution in [1.82, 2.24) is 4.98 Å². The average molecular weight is 305 g/mol. The molecule has 0 N–H and O–H groups in total. The Morgan fingerprint density at radius 1 is 0.913 bits per heavy atom. The Hall–Kier alpha value is -2.35. The maximum atomic E-state index is 5.76. The summed E-state index contributed by atoms with van der Waals surface area (Å²) in [7, 11) is 0. The van der Waals surface area contributed by atoms with E-state index >= 15 is 0 Å². The normalized spacial score (nSPS) is 10.9. The van der Waals surface area contributed by atoms with Gasteiger partial charge in [0.05, 0.1) is 17.8 Å². The summed E-state index contributed by atoms with van der Waals surface area (Å²) in [6.45, 7) is 5.10. The van der Waals surface area contributed by atoms with E-state index in [4.69, 9.17) is 9.72 Å². The summed E-state index contributed by atoms with van der Waals surface area (Å²) < 4.78 is 5.76. The first kappa shape index (κ1) is 15.5. The zero-order valence-corrected chi connectivity index (χ0v) is 13.9. The van der Waals surface area contributed by atoms with E-state index in [0.29, 0.717) is 0 Å². The van der Waals surface area contributed by atoms with E-state index in [2.05, 4.69) is 56.3 Å². The molecule has 0 aliphatic rings. The molecule has 0 aliphatic carbocycles. The molecular formula is C21H23NO. The Kier molecular flexibility index (Phi) is 4.92. The number of nitrogens with zero attached hydrogens (tertiary/aromatic N) is 1. The Balaban J connectivity index is 1.75. The van der Waals surface area contributed by atoms with Crippen molar-refractivity contribution in [3.63, 3.8) is 0 Å². The van der Waals surface area contributed by atoms with E-state index in [0.717, 1.165) is 35.6 Å². The molecule has 0 amide bonds. The zero-order chi connectivity index (χ0) is 16.1. The van der Waals surface area contributed by atoms with Crippen LogP contribution in [-0.2, 0) is 0 Å². The van der Waals surface area contributed by atoms with Crippen molar-refractivity contribution in [3.05, 3.63) is 60.2 Å². The molecule has 0 atom stereocenters. The summed E-state index contributed by atoms with van der Waals surface area (Å²) in [5.41, 5.74) is 4.41. The zero-order valence-electron chi connectivity index (χ0n) is 13.9. The summed E-state index contributed by atoms with van der Waals surface area (Å²) in [4.78, 5) is 4.76. The molecule has 0 saturated carbocycles. The molecule has 0 aliphatic heterocycles. The van der Waals surface area contributed by atoms with E-state index in [9.17, 15) is 0 Å². The van der Waals surface area contributed by atoms with Crippen molar-refractivity contribution >= 4 is 10.9 Å². The summed E-state index contributed by atoms with van der Waals surface area (Å²) in [5.74, 6) is 0.932. The molecule has 118 valence electrons. The standard InChI is InChI=1S/C21H23NO/c1-3-4-5-14-23-19-10-7-17(8-11-19)20-13-9-18-15-16(2)6-12-21(18)22-20/h6-13,15H,3-5,14H2,1-2H3. The summed E-state index contributed by atoms with van der Waals surface area (Å²) in [5, 5.41) is 1.18. The van der Waals surface area contributed by atoms with E-state index in [1.807, 2.05) is 12.1 Å². The van der Waals surface area contributed by atoms with E-state index in [1.165, 1.54) is 23.8 Å². The molecule has 1 heterocycles. The third kappa shape index (κ3) is 3.89. The monoisotopic (exact) mass is 305 g/mol. The number of pyridine rings is 1. The largest absolute Gasteiger partial charge is 0.494 e. The van der Waals surface area contributed by atoms with E-state index in [1.54, 1.807) is 0 Å². The third-order valence-electron chi connectivity index (χ3n) is 4.01. The molecule has 0 radical (unpaired) electrons. The highest BCUT2D eigenvalue weighted by atomic mass is 16.5. The van der Waals surface area contributed by atoms with Gasteiger partial charge in [-0.1, -0.05) is 37.5 Å². The lowest BCUT2D eigenvalue weighted by molar-refractivity contribution is 0.306. The van der Waals surface area contributed by atoms with E-state index in [-0.39, 0.29) is 0 Å². The molecular weight excluding hydrogens is 282 g/mol. The number of unbranched alkanes of at least 4 members (excludes halogenated alkanes) is 2. The quantitative estimate of drug-likeness (QED) is 0.539. The summed E-state index contributed by atoms with van der Waals surface area (Å²) in [6, 6.07) is 18.8. The predicted molar refractivity (Wildman–Crippen MR) is 96.9 cm³/mol. The lowest BCUT2D eigenvalue weighted by Gasteiger charge is -2.07. The van der Waals surface area contributed by atoms with Gasteiger partial charge in [-0.05, 0) is 55.8 Å². The Labute approximate surface area is 138 Å². The number of ether oxygens (including phenoxy) is 1. The van der Waals surface area contributed by atoms with E-state index < -0.39 is 0 Å². The van der Waals surface area contributed by atoms with Gasteiger partial charge in [0.25, 0.3) is 0 Å². The summed E-state index contributed by atoms with van der Waals surface area (Å²) >= 11 is 0. The van der Waals surface area contributed by atoms with Crippen molar-refractivity contribution in [1.29, 1.82) is 0 Å². The number of hydrogen-bond donors (Lipinski definition) is 0. The lowest BCUT2D eigenvalue weighted by atomic mass is 10.1. The van der Waals surface area contributed by atoms with Crippen LogP contribution in [-0.4, -0.2) is 11.6 Å². The molecule has 0 spiro atoms. The molecule has 3 aromatic rings. The first-order valence-corrected chi connectivity index (χ1v) is 8.37. The van der Waals surface area contributed by atoms with Gasteiger partial charge in [-0.25, -0.2) is 4.98 Å². The second-order valence-corrected chi connectivity index (χ2v) is 5.97. The minimum atomic E-state index is 0.792. The fourth-order valence-corrected chi connectivity index (χ4v) is 2.67. The van der Waals surface area contributed by atoms with Gasteiger partial charge in [0.2, 0.25) is 0 Å². The van der Waals surface area contributed by atoms with Crippen LogP contribution in [0.5, 0.6) is 5.75 Å². The van der Waals surface area contributed by atoms with Crippen LogP contribution in [0.2, 0.25) is 0 Å². The van der Waals surface area contributed by atoms with Crippen molar-refractivity contribution in [2.75, 3.05) is 6.61 Å². The number of rotatable bonds is 6. The molecule has 23 heavy (non-hydrogen) atoms.